The number of ketones is 1. The summed E-state index contributed by atoms with van der Waals surface area (Å²) in [5.41, 5.74) is 0.264. The third kappa shape index (κ3) is 3.20. The van der Waals surface area contributed by atoms with Gasteiger partial charge in [-0.05, 0) is 38.0 Å². The van der Waals surface area contributed by atoms with Gasteiger partial charge in [0.2, 0.25) is 17.6 Å². The summed E-state index contributed by atoms with van der Waals surface area (Å²) in [4.78, 5) is 60.9. The van der Waals surface area contributed by atoms with Crippen molar-refractivity contribution in [3.8, 4) is 0 Å². The molecule has 0 aromatic heterocycles. The molecule has 0 N–H and O–H groups in total. The van der Waals surface area contributed by atoms with E-state index in [0.29, 0.717) is 5.56 Å². The van der Waals surface area contributed by atoms with Gasteiger partial charge in [-0.3, -0.25) is 34.2 Å². The van der Waals surface area contributed by atoms with E-state index in [-0.39, 0.29) is 46.7 Å². The molecule has 2 aliphatic carbocycles. The highest BCUT2D eigenvalue weighted by molar-refractivity contribution is 6.08. The fourth-order valence-corrected chi connectivity index (χ4v) is 5.01. The van der Waals surface area contributed by atoms with Gasteiger partial charge in [-0.2, -0.15) is 0 Å². The first-order valence-electron chi connectivity index (χ1n) is 9.57. The number of rotatable bonds is 6. The summed E-state index contributed by atoms with van der Waals surface area (Å²) in [5, 5.41) is 11.0. The highest BCUT2D eigenvalue weighted by Gasteiger charge is 2.61. The molecule has 1 aromatic carbocycles. The predicted octanol–water partition coefficient (Wildman–Crippen LogP) is 1.66. The van der Waals surface area contributed by atoms with Gasteiger partial charge >= 0.3 is 5.97 Å². The van der Waals surface area contributed by atoms with E-state index in [9.17, 15) is 29.3 Å². The second-order valence-electron chi connectivity index (χ2n) is 7.99. The number of nitro benzene ring substituents is 1. The van der Waals surface area contributed by atoms with Crippen LogP contribution in [0.5, 0.6) is 0 Å². The number of hydrogen-bond donors (Lipinski definition) is 0. The Hall–Kier alpha value is -3.10. The van der Waals surface area contributed by atoms with Crippen molar-refractivity contribution in [2.24, 2.45) is 23.7 Å². The zero-order chi connectivity index (χ0) is 20.9. The summed E-state index contributed by atoms with van der Waals surface area (Å²) in [7, 11) is 0. The van der Waals surface area contributed by atoms with Crippen molar-refractivity contribution in [2.75, 3.05) is 13.2 Å². The third-order valence-electron chi connectivity index (χ3n) is 6.40. The minimum atomic E-state index is -0.853. The van der Waals surface area contributed by atoms with Crippen LogP contribution in [0.3, 0.4) is 0 Å². The predicted molar refractivity (Wildman–Crippen MR) is 97.7 cm³/mol. The first-order chi connectivity index (χ1) is 13.8. The smallest absolute Gasteiger partial charge is 0.326 e. The lowest BCUT2D eigenvalue weighted by molar-refractivity contribution is -0.385. The highest BCUT2D eigenvalue weighted by Crippen LogP contribution is 2.56. The largest absolute Gasteiger partial charge is 0.456 e. The van der Waals surface area contributed by atoms with Gasteiger partial charge in [-0.1, -0.05) is 12.1 Å². The number of benzene rings is 1. The average Bonchev–Trinajstić information content (AvgIpc) is 3.36. The fraction of sp³-hybridized carbons (Fsp3) is 0.500. The monoisotopic (exact) mass is 400 g/mol. The molecule has 0 unspecified atom stereocenters. The SMILES string of the molecule is Cc1ccc(C(=O)COC(=O)CN2C(=O)[C@@H]3[C@H]4CC[C@@H](C4)[C@@H]3C2=O)cc1[N+](=O)[O-]. The van der Waals surface area contributed by atoms with Gasteiger partial charge in [0, 0.05) is 17.2 Å². The molecule has 9 nitrogen and oxygen atoms in total. The van der Waals surface area contributed by atoms with Crippen LogP contribution >= 0.6 is 0 Å². The molecule has 2 saturated carbocycles. The highest BCUT2D eigenvalue weighted by atomic mass is 16.6. The zero-order valence-corrected chi connectivity index (χ0v) is 15.8. The van der Waals surface area contributed by atoms with E-state index in [1.165, 1.54) is 12.1 Å². The van der Waals surface area contributed by atoms with Crippen LogP contribution in [0, 0.1) is 40.7 Å². The number of amides is 2. The lowest BCUT2D eigenvalue weighted by Gasteiger charge is -2.19. The number of carbonyl (C=O) groups is 4. The van der Waals surface area contributed by atoms with Gasteiger partial charge < -0.3 is 4.74 Å². The van der Waals surface area contributed by atoms with Crippen molar-refractivity contribution in [2.45, 2.75) is 26.2 Å². The second kappa shape index (κ2) is 7.06. The van der Waals surface area contributed by atoms with E-state index < -0.39 is 29.8 Å². The number of fused-ring (bicyclic) bond motifs is 5. The van der Waals surface area contributed by atoms with Crippen molar-refractivity contribution in [3.63, 3.8) is 0 Å². The molecule has 4 rings (SSSR count). The van der Waals surface area contributed by atoms with Gasteiger partial charge in [0.25, 0.3) is 5.69 Å². The van der Waals surface area contributed by atoms with Crippen molar-refractivity contribution >= 4 is 29.3 Å². The molecule has 2 bridgehead atoms. The van der Waals surface area contributed by atoms with Crippen molar-refractivity contribution in [1.29, 1.82) is 0 Å². The summed E-state index contributed by atoms with van der Waals surface area (Å²) < 4.78 is 4.93. The number of imide groups is 1. The Labute approximate surface area is 166 Å². The van der Waals surface area contributed by atoms with Crippen molar-refractivity contribution < 1.29 is 28.8 Å². The molecule has 29 heavy (non-hydrogen) atoms. The van der Waals surface area contributed by atoms with E-state index in [4.69, 9.17) is 4.74 Å². The minimum absolute atomic E-state index is 0.0505. The Balaban J connectivity index is 1.35. The average molecular weight is 400 g/mol. The molecule has 1 heterocycles. The number of Topliss-reactive ketones (excluding diaryl/α,β-unsaturated/α-hetero) is 1. The maximum atomic E-state index is 12.6. The first-order valence-corrected chi connectivity index (χ1v) is 9.57. The summed E-state index contributed by atoms with van der Waals surface area (Å²) in [5.74, 6) is -2.27. The Morgan fingerprint density at radius 3 is 2.38 bits per heavy atom. The Bertz CT molecular complexity index is 913. The lowest BCUT2D eigenvalue weighted by atomic mass is 9.81. The Morgan fingerprint density at radius 1 is 1.17 bits per heavy atom. The number of esters is 1. The molecule has 3 fully saturated rings. The van der Waals surface area contributed by atoms with E-state index in [2.05, 4.69) is 0 Å². The molecule has 3 aliphatic rings. The summed E-state index contributed by atoms with van der Waals surface area (Å²) >= 11 is 0. The molecule has 9 heteroatoms. The molecule has 0 spiro atoms. The number of ether oxygens (including phenoxy) is 1. The third-order valence-corrected chi connectivity index (χ3v) is 6.40. The summed E-state index contributed by atoms with van der Waals surface area (Å²) in [6.45, 7) is 0.427. The normalized spacial score (nSPS) is 27.3. The number of likely N-dealkylation sites (tertiary alicyclic amines) is 1. The summed E-state index contributed by atoms with van der Waals surface area (Å²) in [6, 6.07) is 4.00. The van der Waals surface area contributed by atoms with Crippen LogP contribution in [-0.2, 0) is 19.1 Å². The van der Waals surface area contributed by atoms with Gasteiger partial charge in [-0.25, -0.2) is 0 Å². The quantitative estimate of drug-likeness (QED) is 0.234. The molecule has 1 aliphatic heterocycles. The van der Waals surface area contributed by atoms with Crippen LogP contribution in [0.25, 0.3) is 0 Å². The van der Waals surface area contributed by atoms with Crippen LogP contribution < -0.4 is 0 Å². The van der Waals surface area contributed by atoms with E-state index in [1.807, 2.05) is 0 Å². The van der Waals surface area contributed by atoms with E-state index in [0.717, 1.165) is 30.2 Å². The van der Waals surface area contributed by atoms with Crippen LogP contribution in [-0.4, -0.2) is 46.5 Å². The number of carbonyl (C=O) groups excluding carboxylic acids is 4. The lowest BCUT2D eigenvalue weighted by Crippen LogP contribution is -2.38. The van der Waals surface area contributed by atoms with Gasteiger partial charge in [0.05, 0.1) is 16.8 Å². The van der Waals surface area contributed by atoms with E-state index >= 15 is 0 Å². The van der Waals surface area contributed by atoms with Crippen LogP contribution in [0.2, 0.25) is 0 Å². The van der Waals surface area contributed by atoms with Gasteiger partial charge in [-0.15, -0.1) is 0 Å². The minimum Gasteiger partial charge on any atom is -0.456 e. The standard InChI is InChI=1S/C20H20N2O7/c1-10-2-3-11(7-14(10)22(27)28)15(23)9-29-16(24)8-21-19(25)17-12-4-5-13(6-12)18(17)20(21)26/h2-3,7,12-13,17-18H,4-6,8-9H2,1H3/t12-,13-,17-,18+/m0/s1. The molecule has 2 amide bonds. The fourth-order valence-electron chi connectivity index (χ4n) is 5.01. The first kappa shape index (κ1) is 19.2. The maximum Gasteiger partial charge on any atom is 0.326 e. The van der Waals surface area contributed by atoms with Crippen LogP contribution in [0.1, 0.15) is 35.2 Å². The molecule has 1 aromatic rings. The molecule has 0 radical (unpaired) electrons. The second-order valence-corrected chi connectivity index (χ2v) is 7.99. The van der Waals surface area contributed by atoms with Gasteiger partial charge in [0.15, 0.2) is 6.61 Å². The summed E-state index contributed by atoms with van der Waals surface area (Å²) in [6.07, 6.45) is 2.79. The Kier molecular flexibility index (Phi) is 4.68. The molecular weight excluding hydrogens is 380 g/mol. The van der Waals surface area contributed by atoms with Crippen molar-refractivity contribution in [1.82, 2.24) is 4.90 Å². The number of hydrogen-bond acceptors (Lipinski definition) is 7. The zero-order valence-electron chi connectivity index (χ0n) is 15.8. The van der Waals surface area contributed by atoms with Crippen LogP contribution in [0.15, 0.2) is 18.2 Å². The molecule has 4 atom stereocenters. The maximum absolute atomic E-state index is 12.6. The van der Waals surface area contributed by atoms with E-state index in [1.54, 1.807) is 6.92 Å². The Morgan fingerprint density at radius 2 is 1.79 bits per heavy atom. The number of aryl methyl sites for hydroxylation is 1. The molecular formula is C20H20N2O7. The number of nitrogens with zero attached hydrogens (tertiary/aromatic N) is 2. The number of nitro groups is 1. The topological polar surface area (TPSA) is 124 Å². The molecule has 1 saturated heterocycles. The van der Waals surface area contributed by atoms with Crippen LogP contribution in [0.4, 0.5) is 5.69 Å². The van der Waals surface area contributed by atoms with Crippen molar-refractivity contribution in [3.05, 3.63) is 39.4 Å². The van der Waals surface area contributed by atoms with Gasteiger partial charge in [0.1, 0.15) is 6.54 Å². The molecule has 152 valence electrons.